The Morgan fingerprint density at radius 3 is 2.57 bits per heavy atom. The van der Waals surface area contributed by atoms with Crippen molar-refractivity contribution in [1.82, 2.24) is 15.5 Å². The first-order chi connectivity index (χ1) is 10.7. The number of nitrogens with one attached hydrogen (secondary N) is 2. The number of hydrogen-bond acceptors (Lipinski definition) is 3. The Hall–Kier alpha value is -1.02. The Kier molecular flexibility index (Phi) is 12.8. The first kappa shape index (κ1) is 22.0. The fraction of sp³-hybridized carbons (Fsp3) is 0.588. The van der Waals surface area contributed by atoms with Crippen LogP contribution >= 0.6 is 24.0 Å². The summed E-state index contributed by atoms with van der Waals surface area (Å²) in [6, 6.07) is 8.06. The van der Waals surface area contributed by atoms with Crippen LogP contribution in [0.2, 0.25) is 0 Å². The number of para-hydroxylation sites is 1. The molecule has 0 fully saturated rings. The lowest BCUT2D eigenvalue weighted by atomic mass is 10.2. The first-order valence-electron chi connectivity index (χ1n) is 8.05. The topological polar surface area (TPSA) is 48.9 Å². The van der Waals surface area contributed by atoms with E-state index in [9.17, 15) is 0 Å². The van der Waals surface area contributed by atoms with E-state index in [1.54, 1.807) is 0 Å². The molecule has 0 aliphatic rings. The van der Waals surface area contributed by atoms with Crippen molar-refractivity contribution < 1.29 is 4.74 Å². The average Bonchev–Trinajstić information content (AvgIpc) is 2.50. The lowest BCUT2D eigenvalue weighted by molar-refractivity contribution is 0.336. The maximum Gasteiger partial charge on any atom is 0.191 e. The molecule has 0 aliphatic carbocycles. The number of hydrogen-bond donors (Lipinski definition) is 2. The first-order valence-corrected chi connectivity index (χ1v) is 8.05. The van der Waals surface area contributed by atoms with Gasteiger partial charge < -0.3 is 20.3 Å². The Morgan fingerprint density at radius 2 is 1.91 bits per heavy atom. The van der Waals surface area contributed by atoms with Gasteiger partial charge in [-0.25, -0.2) is 4.99 Å². The SMILES string of the molecule is CCNC(=NCc1ccccc1OCC)NCCCN(C)C.I. The van der Waals surface area contributed by atoms with Crippen LogP contribution < -0.4 is 15.4 Å². The summed E-state index contributed by atoms with van der Waals surface area (Å²) in [6.45, 7) is 8.19. The molecule has 2 N–H and O–H groups in total. The van der Waals surface area contributed by atoms with E-state index in [1.165, 1.54) is 0 Å². The van der Waals surface area contributed by atoms with Gasteiger partial charge in [-0.1, -0.05) is 18.2 Å². The summed E-state index contributed by atoms with van der Waals surface area (Å²) in [5, 5.41) is 6.65. The van der Waals surface area contributed by atoms with Gasteiger partial charge in [0, 0.05) is 18.7 Å². The van der Waals surface area contributed by atoms with Gasteiger partial charge >= 0.3 is 0 Å². The van der Waals surface area contributed by atoms with Crippen LogP contribution in [0.1, 0.15) is 25.8 Å². The van der Waals surface area contributed by atoms with E-state index in [4.69, 9.17) is 4.74 Å². The quantitative estimate of drug-likeness (QED) is 0.272. The fourth-order valence-electron chi connectivity index (χ4n) is 2.04. The molecule has 0 radical (unpaired) electrons. The van der Waals surface area contributed by atoms with Crippen molar-refractivity contribution in [1.29, 1.82) is 0 Å². The second-order valence-electron chi connectivity index (χ2n) is 5.32. The van der Waals surface area contributed by atoms with Crippen molar-refractivity contribution in [3.05, 3.63) is 29.8 Å². The predicted octanol–water partition coefficient (Wildman–Crippen LogP) is 2.71. The molecule has 0 saturated carbocycles. The summed E-state index contributed by atoms with van der Waals surface area (Å²) >= 11 is 0. The van der Waals surface area contributed by atoms with E-state index in [2.05, 4.69) is 47.6 Å². The number of nitrogens with zero attached hydrogens (tertiary/aromatic N) is 2. The Balaban J connectivity index is 0.00000484. The zero-order valence-corrected chi connectivity index (χ0v) is 17.1. The summed E-state index contributed by atoms with van der Waals surface area (Å²) in [6.07, 6.45) is 1.09. The standard InChI is InChI=1S/C17H30N4O.HI/c1-5-18-17(19-12-9-13-21(3)4)20-14-15-10-7-8-11-16(15)22-6-2;/h7-8,10-11H,5-6,9,12-14H2,1-4H3,(H2,18,19,20);1H. The largest absolute Gasteiger partial charge is 0.494 e. The number of benzene rings is 1. The van der Waals surface area contributed by atoms with E-state index >= 15 is 0 Å². The molecule has 1 aromatic rings. The third kappa shape index (κ3) is 9.65. The molecule has 0 aromatic heterocycles. The summed E-state index contributed by atoms with van der Waals surface area (Å²) in [5.41, 5.74) is 1.11. The Bertz CT molecular complexity index is 452. The molecule has 132 valence electrons. The van der Waals surface area contributed by atoms with Crippen molar-refractivity contribution in [2.24, 2.45) is 4.99 Å². The van der Waals surface area contributed by atoms with Gasteiger partial charge in [0.05, 0.1) is 13.2 Å². The molecule has 1 rings (SSSR count). The third-order valence-electron chi connectivity index (χ3n) is 3.10. The van der Waals surface area contributed by atoms with Gasteiger partial charge in [0.1, 0.15) is 5.75 Å². The smallest absolute Gasteiger partial charge is 0.191 e. The van der Waals surface area contributed by atoms with Crippen molar-refractivity contribution >= 4 is 29.9 Å². The van der Waals surface area contributed by atoms with Gasteiger partial charge in [0.2, 0.25) is 0 Å². The Labute approximate surface area is 157 Å². The van der Waals surface area contributed by atoms with Crippen LogP contribution in [-0.4, -0.2) is 51.2 Å². The van der Waals surface area contributed by atoms with E-state index in [0.717, 1.165) is 43.3 Å². The van der Waals surface area contributed by atoms with Gasteiger partial charge in [-0.05, 0) is 47.0 Å². The maximum atomic E-state index is 5.64. The minimum Gasteiger partial charge on any atom is -0.494 e. The molecule has 0 heterocycles. The molecule has 1 aromatic carbocycles. The molecule has 0 aliphatic heterocycles. The maximum absolute atomic E-state index is 5.64. The average molecular weight is 434 g/mol. The van der Waals surface area contributed by atoms with Crippen LogP contribution in [0.15, 0.2) is 29.3 Å². The van der Waals surface area contributed by atoms with Crippen LogP contribution in [0, 0.1) is 0 Å². The number of aliphatic imine (C=N–C) groups is 1. The monoisotopic (exact) mass is 434 g/mol. The Morgan fingerprint density at radius 1 is 1.17 bits per heavy atom. The molecule has 5 nitrogen and oxygen atoms in total. The molecule has 23 heavy (non-hydrogen) atoms. The minimum absolute atomic E-state index is 0. The van der Waals surface area contributed by atoms with Crippen LogP contribution in [-0.2, 0) is 6.54 Å². The zero-order chi connectivity index (χ0) is 16.2. The van der Waals surface area contributed by atoms with Crippen molar-refractivity contribution in [3.63, 3.8) is 0 Å². The van der Waals surface area contributed by atoms with Gasteiger partial charge in [0.25, 0.3) is 0 Å². The molecule has 0 bridgehead atoms. The van der Waals surface area contributed by atoms with Gasteiger partial charge in [-0.2, -0.15) is 0 Å². The molecule has 0 saturated heterocycles. The van der Waals surface area contributed by atoms with E-state index in [0.29, 0.717) is 13.2 Å². The van der Waals surface area contributed by atoms with Crippen molar-refractivity contribution in [2.45, 2.75) is 26.8 Å². The fourth-order valence-corrected chi connectivity index (χ4v) is 2.04. The van der Waals surface area contributed by atoms with Gasteiger partial charge in [-0.15, -0.1) is 24.0 Å². The molecule has 0 amide bonds. The highest BCUT2D eigenvalue weighted by Gasteiger charge is 2.03. The van der Waals surface area contributed by atoms with Crippen LogP contribution in [0.5, 0.6) is 5.75 Å². The molecular weight excluding hydrogens is 403 g/mol. The minimum atomic E-state index is 0. The summed E-state index contributed by atoms with van der Waals surface area (Å²) in [7, 11) is 4.17. The highest BCUT2D eigenvalue weighted by Crippen LogP contribution is 2.18. The van der Waals surface area contributed by atoms with Crippen LogP contribution in [0.4, 0.5) is 0 Å². The van der Waals surface area contributed by atoms with Crippen molar-refractivity contribution in [3.8, 4) is 5.75 Å². The lowest BCUT2D eigenvalue weighted by Crippen LogP contribution is -2.38. The number of guanidine groups is 1. The van der Waals surface area contributed by atoms with E-state index < -0.39 is 0 Å². The second kappa shape index (κ2) is 13.4. The zero-order valence-electron chi connectivity index (χ0n) is 14.8. The normalized spacial score (nSPS) is 11.1. The van der Waals surface area contributed by atoms with E-state index in [1.807, 2.05) is 25.1 Å². The third-order valence-corrected chi connectivity index (χ3v) is 3.10. The van der Waals surface area contributed by atoms with Crippen LogP contribution in [0.25, 0.3) is 0 Å². The van der Waals surface area contributed by atoms with E-state index in [-0.39, 0.29) is 24.0 Å². The summed E-state index contributed by atoms with van der Waals surface area (Å²) in [5.74, 6) is 1.77. The molecular formula is C17H31IN4O. The molecule has 0 atom stereocenters. The number of ether oxygens (including phenoxy) is 1. The summed E-state index contributed by atoms with van der Waals surface area (Å²) < 4.78 is 5.64. The van der Waals surface area contributed by atoms with Gasteiger partial charge in [-0.3, -0.25) is 0 Å². The van der Waals surface area contributed by atoms with Crippen LogP contribution in [0.3, 0.4) is 0 Å². The molecule has 0 unspecified atom stereocenters. The molecule has 6 heteroatoms. The van der Waals surface area contributed by atoms with Gasteiger partial charge in [0.15, 0.2) is 5.96 Å². The number of rotatable bonds is 9. The van der Waals surface area contributed by atoms with Crippen molar-refractivity contribution in [2.75, 3.05) is 40.3 Å². The highest BCUT2D eigenvalue weighted by atomic mass is 127. The summed E-state index contributed by atoms with van der Waals surface area (Å²) in [4.78, 5) is 6.83. The second-order valence-corrected chi connectivity index (χ2v) is 5.32. The molecule has 0 spiro atoms. The lowest BCUT2D eigenvalue weighted by Gasteiger charge is -2.14. The highest BCUT2D eigenvalue weighted by molar-refractivity contribution is 14.0. The predicted molar refractivity (Wildman–Crippen MR) is 109 cm³/mol. The number of halogens is 1.